The van der Waals surface area contributed by atoms with Gasteiger partial charge in [-0.1, -0.05) is 0 Å². The summed E-state index contributed by atoms with van der Waals surface area (Å²) < 4.78 is 5.25. The molecule has 3 rings (SSSR count). The van der Waals surface area contributed by atoms with E-state index in [1.54, 1.807) is 6.07 Å². The van der Waals surface area contributed by atoms with Gasteiger partial charge in [-0.05, 0) is 37.7 Å². The van der Waals surface area contributed by atoms with Gasteiger partial charge in [0.15, 0.2) is 5.76 Å². The van der Waals surface area contributed by atoms with Crippen molar-refractivity contribution < 1.29 is 29.0 Å². The summed E-state index contributed by atoms with van der Waals surface area (Å²) in [5.74, 6) is -2.59. The number of hydrogen-bond acceptors (Lipinski definition) is 8. The number of rotatable bonds is 9. The van der Waals surface area contributed by atoms with Crippen LogP contribution in [0.5, 0.6) is 0 Å². The van der Waals surface area contributed by atoms with E-state index < -0.39 is 30.3 Å². The van der Waals surface area contributed by atoms with E-state index in [4.69, 9.17) is 15.3 Å². The standard InChI is InChI=1S/C19H23N5O7/c20-19-23-15-11(16(27)24-19)7-9(8-21-15)1-2-10-5-6-31-14(10)17(28)22-12(18(29)30)3-4-13(25)26/h5-6,9,12H,1-4,7-8H2,(H,22,28)(H,25,26)(H,29,30)(H4,20,21,23,24,27)/t9?,12-/m0/s1. The Hall–Kier alpha value is -3.83. The molecule has 3 heterocycles. The van der Waals surface area contributed by atoms with Crippen molar-refractivity contribution in [2.45, 2.75) is 38.1 Å². The zero-order valence-electron chi connectivity index (χ0n) is 16.5. The lowest BCUT2D eigenvalue weighted by Crippen LogP contribution is -2.41. The Balaban J connectivity index is 1.61. The Morgan fingerprint density at radius 1 is 1.35 bits per heavy atom. The molecular formula is C19H23N5O7. The van der Waals surface area contributed by atoms with Crippen LogP contribution in [0, 0.1) is 5.92 Å². The summed E-state index contributed by atoms with van der Waals surface area (Å²) in [7, 11) is 0. The number of aliphatic carboxylic acids is 2. The van der Waals surface area contributed by atoms with Crippen LogP contribution < -0.4 is 21.9 Å². The summed E-state index contributed by atoms with van der Waals surface area (Å²) in [6.45, 7) is 0.582. The van der Waals surface area contributed by atoms with Crippen molar-refractivity contribution in [1.82, 2.24) is 15.3 Å². The molecule has 1 aliphatic heterocycles. The molecule has 12 heteroatoms. The second-order valence-corrected chi connectivity index (χ2v) is 7.34. The largest absolute Gasteiger partial charge is 0.481 e. The predicted molar refractivity (Wildman–Crippen MR) is 108 cm³/mol. The number of carbonyl (C=O) groups is 3. The summed E-state index contributed by atoms with van der Waals surface area (Å²) in [5, 5.41) is 23.3. The van der Waals surface area contributed by atoms with Crippen LogP contribution in [0.2, 0.25) is 0 Å². The first-order valence-electron chi connectivity index (χ1n) is 9.69. The molecule has 1 aliphatic rings. The summed E-state index contributed by atoms with van der Waals surface area (Å²) >= 11 is 0. The third-order valence-electron chi connectivity index (χ3n) is 5.11. The molecule has 0 saturated heterocycles. The molecule has 0 aliphatic carbocycles. The van der Waals surface area contributed by atoms with E-state index in [0.717, 1.165) is 0 Å². The lowest BCUT2D eigenvalue weighted by atomic mass is 9.91. The molecule has 0 fully saturated rings. The van der Waals surface area contributed by atoms with Crippen molar-refractivity contribution in [1.29, 1.82) is 0 Å². The maximum atomic E-state index is 12.5. The highest BCUT2D eigenvalue weighted by molar-refractivity contribution is 5.95. The molecule has 0 spiro atoms. The number of carboxylic acids is 2. The minimum atomic E-state index is -1.34. The fourth-order valence-corrected chi connectivity index (χ4v) is 3.50. The number of H-pyrrole nitrogens is 1. The number of fused-ring (bicyclic) bond motifs is 1. The van der Waals surface area contributed by atoms with E-state index in [2.05, 4.69) is 20.6 Å². The molecule has 1 amide bonds. The zero-order chi connectivity index (χ0) is 22.5. The maximum absolute atomic E-state index is 12.5. The Morgan fingerprint density at radius 2 is 2.13 bits per heavy atom. The van der Waals surface area contributed by atoms with E-state index in [-0.39, 0.29) is 29.6 Å². The number of furan rings is 1. The van der Waals surface area contributed by atoms with Crippen LogP contribution in [0.15, 0.2) is 21.5 Å². The third kappa shape index (κ3) is 5.41. The van der Waals surface area contributed by atoms with Gasteiger partial charge in [-0.25, -0.2) is 4.79 Å². The first-order valence-corrected chi connectivity index (χ1v) is 9.69. The number of aromatic nitrogens is 2. The molecule has 2 aromatic heterocycles. The Labute approximate surface area is 175 Å². The third-order valence-corrected chi connectivity index (χ3v) is 5.11. The van der Waals surface area contributed by atoms with Crippen LogP contribution in [0.3, 0.4) is 0 Å². The van der Waals surface area contributed by atoms with E-state index in [0.29, 0.717) is 42.8 Å². The summed E-state index contributed by atoms with van der Waals surface area (Å²) in [6.07, 6.45) is 2.31. The topological polar surface area (TPSA) is 201 Å². The number of nitrogens with two attached hydrogens (primary N) is 1. The van der Waals surface area contributed by atoms with E-state index in [9.17, 15) is 24.3 Å². The van der Waals surface area contributed by atoms with Crippen molar-refractivity contribution in [3.63, 3.8) is 0 Å². The smallest absolute Gasteiger partial charge is 0.326 e. The van der Waals surface area contributed by atoms with E-state index in [1.807, 2.05) is 0 Å². The fourth-order valence-electron chi connectivity index (χ4n) is 3.50. The molecule has 166 valence electrons. The lowest BCUT2D eigenvalue weighted by Gasteiger charge is -2.24. The number of nitrogen functional groups attached to an aromatic ring is 1. The van der Waals surface area contributed by atoms with Crippen molar-refractivity contribution in [3.05, 3.63) is 39.6 Å². The van der Waals surface area contributed by atoms with E-state index in [1.165, 1.54) is 6.26 Å². The first-order chi connectivity index (χ1) is 14.7. The van der Waals surface area contributed by atoms with Crippen molar-refractivity contribution in [2.75, 3.05) is 17.6 Å². The van der Waals surface area contributed by atoms with Crippen LogP contribution in [0.1, 0.15) is 40.9 Å². The number of aryl methyl sites for hydroxylation is 1. The van der Waals surface area contributed by atoms with Crippen LogP contribution in [0.4, 0.5) is 11.8 Å². The van der Waals surface area contributed by atoms with Gasteiger partial charge in [-0.15, -0.1) is 0 Å². The van der Waals surface area contributed by atoms with Crippen molar-refractivity contribution >= 4 is 29.6 Å². The van der Waals surface area contributed by atoms with Gasteiger partial charge in [0, 0.05) is 18.5 Å². The normalized spacial score (nSPS) is 16.1. The van der Waals surface area contributed by atoms with E-state index >= 15 is 0 Å². The average Bonchev–Trinajstić information content (AvgIpc) is 3.18. The molecule has 31 heavy (non-hydrogen) atoms. The Kier molecular flexibility index (Phi) is 6.58. The van der Waals surface area contributed by atoms with Gasteiger partial charge in [0.2, 0.25) is 5.95 Å². The SMILES string of the molecule is Nc1nc2c(c(=O)[nH]1)CC(CCc1ccoc1C(=O)N[C@@H](CCC(=O)O)C(=O)O)CN2. The molecule has 12 nitrogen and oxygen atoms in total. The number of hydrogen-bond donors (Lipinski definition) is 6. The highest BCUT2D eigenvalue weighted by atomic mass is 16.4. The molecule has 0 bridgehead atoms. The molecule has 1 unspecified atom stereocenters. The highest BCUT2D eigenvalue weighted by Crippen LogP contribution is 2.24. The van der Waals surface area contributed by atoms with Crippen molar-refractivity contribution in [3.8, 4) is 0 Å². The van der Waals surface area contributed by atoms with Gasteiger partial charge in [0.05, 0.1) is 11.8 Å². The van der Waals surface area contributed by atoms with Crippen LogP contribution in [0.25, 0.3) is 0 Å². The monoisotopic (exact) mass is 433 g/mol. The minimum absolute atomic E-state index is 0.0157. The van der Waals surface area contributed by atoms with Crippen LogP contribution >= 0.6 is 0 Å². The zero-order valence-corrected chi connectivity index (χ0v) is 16.5. The van der Waals surface area contributed by atoms with Gasteiger partial charge in [0.1, 0.15) is 11.9 Å². The quantitative estimate of drug-likeness (QED) is 0.317. The number of nitrogens with one attached hydrogen (secondary N) is 3. The summed E-state index contributed by atoms with van der Waals surface area (Å²) in [5.41, 5.74) is 6.38. The summed E-state index contributed by atoms with van der Waals surface area (Å²) in [4.78, 5) is 53.1. The fraction of sp³-hybridized carbons (Fsp3) is 0.421. The van der Waals surface area contributed by atoms with Gasteiger partial charge in [-0.3, -0.25) is 19.4 Å². The first kappa shape index (κ1) is 21.9. The van der Waals surface area contributed by atoms with Gasteiger partial charge in [0.25, 0.3) is 11.5 Å². The lowest BCUT2D eigenvalue weighted by molar-refractivity contribution is -0.140. The van der Waals surface area contributed by atoms with Crippen LogP contribution in [-0.2, 0) is 22.4 Å². The second kappa shape index (κ2) is 9.32. The number of carbonyl (C=O) groups excluding carboxylic acids is 1. The molecule has 7 N–H and O–H groups in total. The number of amides is 1. The molecule has 0 saturated carbocycles. The second-order valence-electron chi connectivity index (χ2n) is 7.34. The molecular weight excluding hydrogens is 410 g/mol. The predicted octanol–water partition coefficient (Wildman–Crippen LogP) is 0.210. The Morgan fingerprint density at radius 3 is 2.84 bits per heavy atom. The van der Waals surface area contributed by atoms with Crippen LogP contribution in [-0.4, -0.2) is 50.6 Å². The number of anilines is 2. The molecule has 0 radical (unpaired) electrons. The number of carboxylic acid groups (broad SMARTS) is 2. The Bertz CT molecular complexity index is 1040. The maximum Gasteiger partial charge on any atom is 0.326 e. The number of nitrogens with zero attached hydrogens (tertiary/aromatic N) is 1. The summed E-state index contributed by atoms with van der Waals surface area (Å²) in [6, 6.07) is 0.286. The highest BCUT2D eigenvalue weighted by Gasteiger charge is 2.26. The molecule has 2 atom stereocenters. The molecule has 0 aromatic carbocycles. The van der Waals surface area contributed by atoms with Gasteiger partial charge >= 0.3 is 11.9 Å². The average molecular weight is 433 g/mol. The van der Waals surface area contributed by atoms with Gasteiger partial charge < -0.3 is 31.0 Å². The number of aromatic amines is 1. The van der Waals surface area contributed by atoms with Gasteiger partial charge in [-0.2, -0.15) is 4.98 Å². The van der Waals surface area contributed by atoms with Crippen molar-refractivity contribution in [2.24, 2.45) is 5.92 Å². The molecule has 2 aromatic rings. The minimum Gasteiger partial charge on any atom is -0.481 e.